The van der Waals surface area contributed by atoms with Gasteiger partial charge >= 0.3 is 0 Å². The van der Waals surface area contributed by atoms with Crippen molar-refractivity contribution in [2.75, 3.05) is 14.1 Å². The fourth-order valence-corrected chi connectivity index (χ4v) is 1.24. The molecule has 4 nitrogen and oxygen atoms in total. The number of rotatable bonds is 5. The average molecular weight is 212 g/mol. The lowest BCUT2D eigenvalue weighted by Gasteiger charge is -2.22. The van der Waals surface area contributed by atoms with Gasteiger partial charge in [-0.25, -0.2) is 0 Å². The van der Waals surface area contributed by atoms with Gasteiger partial charge in [0, 0.05) is 14.1 Å². The van der Waals surface area contributed by atoms with Crippen LogP contribution in [-0.2, 0) is 9.59 Å². The Hall–Kier alpha value is -1.32. The van der Waals surface area contributed by atoms with Gasteiger partial charge in [-0.05, 0) is 18.4 Å². The van der Waals surface area contributed by atoms with E-state index >= 15 is 0 Å². The monoisotopic (exact) mass is 212 g/mol. The molecular formula is C11H20N2O2. The highest BCUT2D eigenvalue weighted by atomic mass is 16.2. The lowest BCUT2D eigenvalue weighted by molar-refractivity contribution is -0.133. The molecule has 0 saturated carbocycles. The topological polar surface area (TPSA) is 49.4 Å². The maximum atomic E-state index is 11.7. The molecule has 0 fully saturated rings. The standard InChI is InChI=1S/C11H20N2O2/c1-6-10(14)12-9(7-8(2)3)11(15)13(4)5/h6,8-9H,1,7H2,2-5H3,(H,12,14). The zero-order valence-corrected chi connectivity index (χ0v) is 9.91. The van der Waals surface area contributed by atoms with Gasteiger partial charge in [-0.3, -0.25) is 9.59 Å². The molecule has 0 heterocycles. The molecule has 0 aliphatic rings. The maximum Gasteiger partial charge on any atom is 0.244 e. The first kappa shape index (κ1) is 13.7. The maximum absolute atomic E-state index is 11.7. The lowest BCUT2D eigenvalue weighted by atomic mass is 10.0. The fourth-order valence-electron chi connectivity index (χ4n) is 1.24. The van der Waals surface area contributed by atoms with Crippen LogP contribution in [0, 0.1) is 5.92 Å². The number of carbonyl (C=O) groups excluding carboxylic acids is 2. The van der Waals surface area contributed by atoms with E-state index in [1.807, 2.05) is 13.8 Å². The molecule has 86 valence electrons. The molecular weight excluding hydrogens is 192 g/mol. The van der Waals surface area contributed by atoms with E-state index in [1.54, 1.807) is 14.1 Å². The largest absolute Gasteiger partial charge is 0.347 e. The highest BCUT2D eigenvalue weighted by molar-refractivity contribution is 5.92. The number of carbonyl (C=O) groups is 2. The molecule has 4 heteroatoms. The van der Waals surface area contributed by atoms with E-state index in [1.165, 1.54) is 11.0 Å². The number of nitrogens with one attached hydrogen (secondary N) is 1. The van der Waals surface area contributed by atoms with Gasteiger partial charge in [-0.1, -0.05) is 20.4 Å². The molecule has 0 aliphatic carbocycles. The Labute approximate surface area is 91.3 Å². The van der Waals surface area contributed by atoms with Gasteiger partial charge in [0.2, 0.25) is 11.8 Å². The molecule has 0 rings (SSSR count). The molecule has 0 aromatic heterocycles. The van der Waals surface area contributed by atoms with Crippen molar-refractivity contribution in [3.8, 4) is 0 Å². The summed E-state index contributed by atoms with van der Waals surface area (Å²) in [5, 5.41) is 2.63. The summed E-state index contributed by atoms with van der Waals surface area (Å²) in [5.41, 5.74) is 0. The van der Waals surface area contributed by atoms with Crippen LogP contribution in [0.3, 0.4) is 0 Å². The molecule has 0 saturated heterocycles. The van der Waals surface area contributed by atoms with Gasteiger partial charge in [-0.15, -0.1) is 0 Å². The smallest absolute Gasteiger partial charge is 0.244 e. The van der Waals surface area contributed by atoms with Crippen LogP contribution in [0.15, 0.2) is 12.7 Å². The summed E-state index contributed by atoms with van der Waals surface area (Å²) in [4.78, 5) is 24.3. The van der Waals surface area contributed by atoms with Crippen molar-refractivity contribution in [1.29, 1.82) is 0 Å². The van der Waals surface area contributed by atoms with Crippen LogP contribution in [0.2, 0.25) is 0 Å². The van der Waals surface area contributed by atoms with Crippen LogP contribution >= 0.6 is 0 Å². The van der Waals surface area contributed by atoms with E-state index in [4.69, 9.17) is 0 Å². The number of likely N-dealkylation sites (N-methyl/N-ethyl adjacent to an activating group) is 1. The summed E-state index contributed by atoms with van der Waals surface area (Å²) in [6.07, 6.45) is 1.81. The second-order valence-corrected chi connectivity index (χ2v) is 4.13. The second kappa shape index (κ2) is 6.22. The Kier molecular flexibility index (Phi) is 5.67. The Morgan fingerprint density at radius 1 is 1.40 bits per heavy atom. The van der Waals surface area contributed by atoms with Crippen LogP contribution < -0.4 is 5.32 Å². The zero-order valence-electron chi connectivity index (χ0n) is 9.91. The van der Waals surface area contributed by atoms with Gasteiger partial charge in [0.25, 0.3) is 0 Å². The van der Waals surface area contributed by atoms with Gasteiger partial charge in [0.15, 0.2) is 0 Å². The molecule has 15 heavy (non-hydrogen) atoms. The minimum atomic E-state index is -0.453. The second-order valence-electron chi connectivity index (χ2n) is 4.13. The zero-order chi connectivity index (χ0) is 12.0. The molecule has 0 aromatic carbocycles. The van der Waals surface area contributed by atoms with Crippen molar-refractivity contribution < 1.29 is 9.59 Å². The highest BCUT2D eigenvalue weighted by Gasteiger charge is 2.22. The molecule has 0 bridgehead atoms. The van der Waals surface area contributed by atoms with Crippen LogP contribution in [0.1, 0.15) is 20.3 Å². The van der Waals surface area contributed by atoms with Gasteiger partial charge < -0.3 is 10.2 Å². The summed E-state index contributed by atoms with van der Waals surface area (Å²) in [6.45, 7) is 7.38. The third kappa shape index (κ3) is 5.20. The minimum absolute atomic E-state index is 0.0844. The predicted octanol–water partition coefficient (Wildman–Crippen LogP) is 0.791. The summed E-state index contributed by atoms with van der Waals surface area (Å²) in [6, 6.07) is -0.453. The van der Waals surface area contributed by atoms with Crippen molar-refractivity contribution in [2.24, 2.45) is 5.92 Å². The number of amides is 2. The van der Waals surface area contributed by atoms with Crippen LogP contribution in [0.5, 0.6) is 0 Å². The predicted molar refractivity (Wildman–Crippen MR) is 60.3 cm³/mol. The normalized spacial score (nSPS) is 12.1. The van der Waals surface area contributed by atoms with E-state index in [0.717, 1.165) is 0 Å². The SMILES string of the molecule is C=CC(=O)NC(CC(C)C)C(=O)N(C)C. The van der Waals surface area contributed by atoms with Crippen molar-refractivity contribution in [3.63, 3.8) is 0 Å². The molecule has 1 unspecified atom stereocenters. The molecule has 0 aliphatic heterocycles. The average Bonchev–Trinajstić information content (AvgIpc) is 2.14. The Morgan fingerprint density at radius 3 is 2.27 bits per heavy atom. The van der Waals surface area contributed by atoms with E-state index in [2.05, 4.69) is 11.9 Å². The molecule has 1 atom stereocenters. The molecule has 0 radical (unpaired) electrons. The van der Waals surface area contributed by atoms with Crippen molar-refractivity contribution in [3.05, 3.63) is 12.7 Å². The van der Waals surface area contributed by atoms with Crippen molar-refractivity contribution in [1.82, 2.24) is 10.2 Å². The van der Waals surface area contributed by atoms with Gasteiger partial charge in [-0.2, -0.15) is 0 Å². The molecule has 0 aromatic rings. The van der Waals surface area contributed by atoms with E-state index < -0.39 is 6.04 Å². The van der Waals surface area contributed by atoms with Crippen molar-refractivity contribution >= 4 is 11.8 Å². The number of hydrogen-bond donors (Lipinski definition) is 1. The third-order valence-electron chi connectivity index (χ3n) is 1.95. The summed E-state index contributed by atoms with van der Waals surface area (Å²) in [5.74, 6) is -0.0428. The van der Waals surface area contributed by atoms with E-state index in [-0.39, 0.29) is 11.8 Å². The first-order chi connectivity index (χ1) is 6.88. The summed E-state index contributed by atoms with van der Waals surface area (Å²) < 4.78 is 0. The quantitative estimate of drug-likeness (QED) is 0.685. The van der Waals surface area contributed by atoms with Crippen LogP contribution in [0.4, 0.5) is 0 Å². The van der Waals surface area contributed by atoms with Crippen LogP contribution in [-0.4, -0.2) is 36.9 Å². The van der Waals surface area contributed by atoms with Crippen molar-refractivity contribution in [2.45, 2.75) is 26.3 Å². The Bertz CT molecular complexity index is 247. The first-order valence-electron chi connectivity index (χ1n) is 5.02. The minimum Gasteiger partial charge on any atom is -0.347 e. The number of nitrogens with zero attached hydrogens (tertiary/aromatic N) is 1. The first-order valence-corrected chi connectivity index (χ1v) is 5.02. The van der Waals surface area contributed by atoms with E-state index in [0.29, 0.717) is 12.3 Å². The number of hydrogen-bond acceptors (Lipinski definition) is 2. The van der Waals surface area contributed by atoms with Gasteiger partial charge in [0.1, 0.15) is 6.04 Å². The Balaban J connectivity index is 4.50. The highest BCUT2D eigenvalue weighted by Crippen LogP contribution is 2.06. The summed E-state index contributed by atoms with van der Waals surface area (Å²) >= 11 is 0. The molecule has 0 spiro atoms. The Morgan fingerprint density at radius 2 is 1.93 bits per heavy atom. The molecule has 1 N–H and O–H groups in total. The fraction of sp³-hybridized carbons (Fsp3) is 0.636. The van der Waals surface area contributed by atoms with Crippen LogP contribution in [0.25, 0.3) is 0 Å². The van der Waals surface area contributed by atoms with Gasteiger partial charge in [0.05, 0.1) is 0 Å². The summed E-state index contributed by atoms with van der Waals surface area (Å²) in [7, 11) is 3.35. The molecule has 2 amide bonds. The lowest BCUT2D eigenvalue weighted by Crippen LogP contribution is -2.46. The third-order valence-corrected chi connectivity index (χ3v) is 1.95. The van der Waals surface area contributed by atoms with E-state index in [9.17, 15) is 9.59 Å².